The molecular formula is C25H28FN3O3. The molecule has 168 valence electrons. The average molecular weight is 438 g/mol. The lowest BCUT2D eigenvalue weighted by atomic mass is 10.1. The first-order valence-corrected chi connectivity index (χ1v) is 10.6. The first-order valence-electron chi connectivity index (χ1n) is 10.6. The number of ether oxygens (including phenoxy) is 2. The Labute approximate surface area is 188 Å². The molecule has 0 radical (unpaired) electrons. The topological polar surface area (TPSA) is 63.7 Å². The Hall–Kier alpha value is -3.29. The normalized spacial score (nSPS) is 10.9. The highest BCUT2D eigenvalue weighted by atomic mass is 19.1. The summed E-state index contributed by atoms with van der Waals surface area (Å²) < 4.78 is 24.1. The fraction of sp³-hybridized carbons (Fsp3) is 0.280. The van der Waals surface area contributed by atoms with Crippen molar-refractivity contribution in [3.63, 3.8) is 0 Å². The summed E-state index contributed by atoms with van der Waals surface area (Å²) in [7, 11) is 1.99. The van der Waals surface area contributed by atoms with E-state index in [9.17, 15) is 9.18 Å². The van der Waals surface area contributed by atoms with Crippen molar-refractivity contribution in [2.24, 2.45) is 0 Å². The van der Waals surface area contributed by atoms with Crippen LogP contribution in [0.2, 0.25) is 0 Å². The number of likely N-dealkylation sites (N-methyl/N-ethyl adjacent to an activating group) is 1. The molecule has 0 aliphatic heterocycles. The number of pyridine rings is 1. The molecule has 0 aliphatic carbocycles. The number of hydrogen-bond acceptors (Lipinski definition) is 5. The quantitative estimate of drug-likeness (QED) is 0.451. The number of aromatic nitrogens is 1. The minimum atomic E-state index is -0.307. The highest BCUT2D eigenvalue weighted by Crippen LogP contribution is 2.26. The van der Waals surface area contributed by atoms with Gasteiger partial charge in [-0.2, -0.15) is 0 Å². The molecule has 1 heterocycles. The molecule has 0 spiro atoms. The number of carbonyl (C=O) groups is 1. The first-order chi connectivity index (χ1) is 15.5. The molecule has 0 bridgehead atoms. The van der Waals surface area contributed by atoms with Crippen molar-refractivity contribution in [3.05, 3.63) is 78.4 Å². The molecule has 0 unspecified atom stereocenters. The van der Waals surface area contributed by atoms with Gasteiger partial charge in [-0.15, -0.1) is 0 Å². The maximum Gasteiger partial charge on any atom is 0.269 e. The third kappa shape index (κ3) is 7.14. The summed E-state index contributed by atoms with van der Waals surface area (Å²) in [5.41, 5.74) is 2.18. The largest absolute Gasteiger partial charge is 0.457 e. The molecule has 32 heavy (non-hydrogen) atoms. The molecule has 7 heteroatoms. The minimum Gasteiger partial charge on any atom is -0.457 e. The molecule has 0 aliphatic rings. The van der Waals surface area contributed by atoms with Crippen LogP contribution in [0.4, 0.5) is 4.39 Å². The summed E-state index contributed by atoms with van der Waals surface area (Å²) >= 11 is 0. The van der Waals surface area contributed by atoms with E-state index in [2.05, 4.69) is 15.2 Å². The van der Waals surface area contributed by atoms with E-state index in [1.807, 2.05) is 44.3 Å². The maximum absolute atomic E-state index is 13.0. The number of halogens is 1. The second kappa shape index (κ2) is 11.9. The fourth-order valence-corrected chi connectivity index (χ4v) is 3.02. The molecule has 3 aromatic rings. The molecule has 2 aromatic carbocycles. The van der Waals surface area contributed by atoms with Crippen LogP contribution in [0.5, 0.6) is 11.5 Å². The zero-order valence-electron chi connectivity index (χ0n) is 18.4. The van der Waals surface area contributed by atoms with Crippen LogP contribution in [0.3, 0.4) is 0 Å². The second-order valence-corrected chi connectivity index (χ2v) is 7.27. The Morgan fingerprint density at radius 3 is 2.38 bits per heavy atom. The van der Waals surface area contributed by atoms with E-state index in [-0.39, 0.29) is 11.7 Å². The lowest BCUT2D eigenvalue weighted by molar-refractivity contribution is 0.0939. The molecule has 1 amide bonds. The predicted molar refractivity (Wildman–Crippen MR) is 122 cm³/mol. The van der Waals surface area contributed by atoms with E-state index in [0.717, 1.165) is 24.2 Å². The Bertz CT molecular complexity index is 994. The number of amides is 1. The van der Waals surface area contributed by atoms with E-state index in [0.29, 0.717) is 37.0 Å². The summed E-state index contributed by atoms with van der Waals surface area (Å²) in [4.78, 5) is 18.8. The van der Waals surface area contributed by atoms with Crippen LogP contribution in [-0.4, -0.2) is 55.7 Å². The van der Waals surface area contributed by atoms with Gasteiger partial charge in [-0.25, -0.2) is 4.39 Å². The number of benzene rings is 2. The smallest absolute Gasteiger partial charge is 0.269 e. The predicted octanol–water partition coefficient (Wildman–Crippen LogP) is 4.38. The number of nitrogens with zero attached hydrogens (tertiary/aromatic N) is 2. The monoisotopic (exact) mass is 437 g/mol. The van der Waals surface area contributed by atoms with Gasteiger partial charge >= 0.3 is 0 Å². The zero-order chi connectivity index (χ0) is 22.8. The molecule has 1 aromatic heterocycles. The lowest BCUT2D eigenvalue weighted by Crippen LogP contribution is -2.34. The van der Waals surface area contributed by atoms with Crippen molar-refractivity contribution in [3.8, 4) is 22.6 Å². The Morgan fingerprint density at radius 1 is 1.00 bits per heavy atom. The van der Waals surface area contributed by atoms with Crippen LogP contribution in [0.25, 0.3) is 11.1 Å². The van der Waals surface area contributed by atoms with Gasteiger partial charge in [0.25, 0.3) is 5.91 Å². The van der Waals surface area contributed by atoms with Gasteiger partial charge in [-0.1, -0.05) is 12.1 Å². The van der Waals surface area contributed by atoms with E-state index >= 15 is 0 Å². The Kier molecular flexibility index (Phi) is 8.71. The maximum atomic E-state index is 13.0. The van der Waals surface area contributed by atoms with E-state index in [1.165, 1.54) is 12.1 Å². The summed E-state index contributed by atoms with van der Waals surface area (Å²) in [6.07, 6.45) is 1.63. The number of hydrogen-bond donors (Lipinski definition) is 1. The summed E-state index contributed by atoms with van der Waals surface area (Å²) in [6, 6.07) is 17.0. The van der Waals surface area contributed by atoms with Crippen LogP contribution in [-0.2, 0) is 4.74 Å². The average Bonchev–Trinajstić information content (AvgIpc) is 2.81. The van der Waals surface area contributed by atoms with Crippen LogP contribution >= 0.6 is 0 Å². The van der Waals surface area contributed by atoms with Crippen LogP contribution in [0.1, 0.15) is 17.4 Å². The molecular weight excluding hydrogens is 409 g/mol. The number of nitrogens with one attached hydrogen (secondary N) is 1. The third-order valence-electron chi connectivity index (χ3n) is 4.83. The van der Waals surface area contributed by atoms with E-state index in [4.69, 9.17) is 9.47 Å². The summed E-state index contributed by atoms with van der Waals surface area (Å²) in [6.45, 7) is 5.43. The van der Waals surface area contributed by atoms with Gasteiger partial charge < -0.3 is 19.7 Å². The highest BCUT2D eigenvalue weighted by Gasteiger charge is 2.09. The standard InChI is InChI=1S/C25H28FN3O3/c1-3-31-17-16-29(2)15-14-28-25(30)24-18-20(12-13-27-24)19-4-8-22(9-5-19)32-23-10-6-21(26)7-11-23/h4-13,18H,3,14-17H2,1-2H3,(H,28,30). The van der Waals surface area contributed by atoms with Crippen molar-refractivity contribution >= 4 is 5.91 Å². The van der Waals surface area contributed by atoms with Gasteiger partial charge in [0.05, 0.1) is 6.61 Å². The van der Waals surface area contributed by atoms with Crippen molar-refractivity contribution in [1.82, 2.24) is 15.2 Å². The highest BCUT2D eigenvalue weighted by molar-refractivity contribution is 5.93. The second-order valence-electron chi connectivity index (χ2n) is 7.27. The number of rotatable bonds is 11. The fourth-order valence-electron chi connectivity index (χ4n) is 3.02. The molecule has 0 saturated carbocycles. The Balaban J connectivity index is 1.55. The van der Waals surface area contributed by atoms with Crippen LogP contribution in [0.15, 0.2) is 66.9 Å². The SMILES string of the molecule is CCOCCN(C)CCNC(=O)c1cc(-c2ccc(Oc3ccc(F)cc3)cc2)ccn1. The van der Waals surface area contributed by atoms with Crippen LogP contribution in [0, 0.1) is 5.82 Å². The van der Waals surface area contributed by atoms with E-state index < -0.39 is 0 Å². The van der Waals surface area contributed by atoms with Gasteiger partial charge in [0.2, 0.25) is 0 Å². The third-order valence-corrected chi connectivity index (χ3v) is 4.83. The van der Waals surface area contributed by atoms with Crippen molar-refractivity contribution < 1.29 is 18.7 Å². The number of carbonyl (C=O) groups excluding carboxylic acids is 1. The molecule has 0 saturated heterocycles. The zero-order valence-corrected chi connectivity index (χ0v) is 18.4. The molecule has 0 atom stereocenters. The van der Waals surface area contributed by atoms with Crippen molar-refractivity contribution in [2.75, 3.05) is 39.9 Å². The van der Waals surface area contributed by atoms with Crippen LogP contribution < -0.4 is 10.1 Å². The molecule has 0 fully saturated rings. The van der Waals surface area contributed by atoms with Gasteiger partial charge in [-0.05, 0) is 73.6 Å². The van der Waals surface area contributed by atoms with Gasteiger partial charge in [-0.3, -0.25) is 9.78 Å². The molecule has 6 nitrogen and oxygen atoms in total. The first kappa shape index (κ1) is 23.4. The van der Waals surface area contributed by atoms with Gasteiger partial charge in [0.15, 0.2) is 0 Å². The van der Waals surface area contributed by atoms with E-state index in [1.54, 1.807) is 24.4 Å². The van der Waals surface area contributed by atoms with Gasteiger partial charge in [0, 0.05) is 32.4 Å². The summed E-state index contributed by atoms with van der Waals surface area (Å²) in [5, 5.41) is 2.91. The molecule has 1 N–H and O–H groups in total. The van der Waals surface area contributed by atoms with Crippen molar-refractivity contribution in [2.45, 2.75) is 6.92 Å². The Morgan fingerprint density at radius 2 is 1.69 bits per heavy atom. The molecule has 3 rings (SSSR count). The summed E-state index contributed by atoms with van der Waals surface area (Å²) in [5.74, 6) is 0.687. The van der Waals surface area contributed by atoms with Gasteiger partial charge in [0.1, 0.15) is 23.0 Å². The minimum absolute atomic E-state index is 0.207. The van der Waals surface area contributed by atoms with Crippen molar-refractivity contribution in [1.29, 1.82) is 0 Å². The lowest BCUT2D eigenvalue weighted by Gasteiger charge is -2.16.